The summed E-state index contributed by atoms with van der Waals surface area (Å²) in [6.45, 7) is 4.66. The predicted molar refractivity (Wildman–Crippen MR) is 92.5 cm³/mol. The molecule has 0 saturated carbocycles. The normalized spacial score (nSPS) is 17.7. The number of hydrogen-bond acceptors (Lipinski definition) is 8. The average Bonchev–Trinajstić information content (AvgIpc) is 2.92. The number of ketones is 1. The third kappa shape index (κ3) is 5.23. The SMILES string of the molecule is CC(C)(C)C(=O)CN1C[C@@H](COS(=O)(=O)c2ccc([N+](=O)[O-])cc2)OC1=O. The van der Waals surface area contributed by atoms with E-state index in [2.05, 4.69) is 0 Å². The molecular weight excluding hydrogens is 380 g/mol. The lowest BCUT2D eigenvalue weighted by Crippen LogP contribution is -2.37. The van der Waals surface area contributed by atoms with Crippen molar-refractivity contribution in [2.45, 2.75) is 31.8 Å². The summed E-state index contributed by atoms with van der Waals surface area (Å²) < 4.78 is 34.2. The van der Waals surface area contributed by atoms with E-state index in [1.807, 2.05) is 0 Å². The van der Waals surface area contributed by atoms with Crippen LogP contribution in [0.25, 0.3) is 0 Å². The highest BCUT2D eigenvalue weighted by molar-refractivity contribution is 7.86. The van der Waals surface area contributed by atoms with Gasteiger partial charge in [0.2, 0.25) is 0 Å². The number of nitro benzene ring substituents is 1. The Bertz CT molecular complexity index is 842. The van der Waals surface area contributed by atoms with Gasteiger partial charge in [0.05, 0.1) is 22.9 Å². The van der Waals surface area contributed by atoms with E-state index in [0.29, 0.717) is 0 Å². The Morgan fingerprint density at radius 1 is 1.33 bits per heavy atom. The Hall–Kier alpha value is -2.53. The van der Waals surface area contributed by atoms with Gasteiger partial charge >= 0.3 is 6.09 Å². The lowest BCUT2D eigenvalue weighted by molar-refractivity contribution is -0.384. The Balaban J connectivity index is 1.95. The first-order valence-corrected chi connectivity index (χ1v) is 9.44. The van der Waals surface area contributed by atoms with Crippen LogP contribution >= 0.6 is 0 Å². The zero-order valence-corrected chi connectivity index (χ0v) is 15.9. The van der Waals surface area contributed by atoms with Gasteiger partial charge in [-0.3, -0.25) is 24.0 Å². The largest absolute Gasteiger partial charge is 0.442 e. The van der Waals surface area contributed by atoms with E-state index in [1.54, 1.807) is 20.8 Å². The maximum absolute atomic E-state index is 12.1. The van der Waals surface area contributed by atoms with Crippen molar-refractivity contribution in [3.63, 3.8) is 0 Å². The number of non-ortho nitro benzene ring substituents is 1. The third-order valence-electron chi connectivity index (χ3n) is 3.87. The Morgan fingerprint density at radius 3 is 2.44 bits per heavy atom. The number of rotatable bonds is 7. The van der Waals surface area contributed by atoms with Crippen molar-refractivity contribution in [3.8, 4) is 0 Å². The van der Waals surface area contributed by atoms with Crippen LogP contribution in [0, 0.1) is 15.5 Å². The minimum absolute atomic E-state index is 0.0242. The molecule has 0 aliphatic carbocycles. The lowest BCUT2D eigenvalue weighted by Gasteiger charge is -2.20. The minimum Gasteiger partial charge on any atom is -0.442 e. The summed E-state index contributed by atoms with van der Waals surface area (Å²) >= 11 is 0. The van der Waals surface area contributed by atoms with Crippen molar-refractivity contribution in [2.75, 3.05) is 19.7 Å². The van der Waals surface area contributed by atoms with E-state index in [-0.39, 0.29) is 29.5 Å². The molecule has 1 aromatic rings. The van der Waals surface area contributed by atoms with Crippen molar-refractivity contribution in [3.05, 3.63) is 34.4 Å². The Kier molecular flexibility index (Phi) is 5.85. The molecule has 0 aromatic heterocycles. The lowest BCUT2D eigenvalue weighted by atomic mass is 9.90. The fraction of sp³-hybridized carbons (Fsp3) is 0.500. The van der Waals surface area contributed by atoms with Crippen LogP contribution < -0.4 is 0 Å². The summed E-state index contributed by atoms with van der Waals surface area (Å²) in [6, 6.07) is 4.21. The summed E-state index contributed by atoms with van der Waals surface area (Å²) in [5, 5.41) is 10.6. The van der Waals surface area contributed by atoms with Gasteiger partial charge in [0.15, 0.2) is 5.78 Å². The maximum Gasteiger partial charge on any atom is 0.410 e. The molecule has 1 aliphatic rings. The maximum atomic E-state index is 12.1. The van der Waals surface area contributed by atoms with Crippen molar-refractivity contribution in [1.82, 2.24) is 4.90 Å². The Morgan fingerprint density at radius 2 is 1.93 bits per heavy atom. The fourth-order valence-corrected chi connectivity index (χ4v) is 3.11. The summed E-state index contributed by atoms with van der Waals surface area (Å²) in [4.78, 5) is 34.8. The van der Waals surface area contributed by atoms with E-state index in [1.165, 1.54) is 4.90 Å². The van der Waals surface area contributed by atoms with Gasteiger partial charge < -0.3 is 4.74 Å². The van der Waals surface area contributed by atoms with Crippen LogP contribution in [0.2, 0.25) is 0 Å². The zero-order chi connectivity index (χ0) is 20.4. The predicted octanol–water partition coefficient (Wildman–Crippen LogP) is 1.74. The van der Waals surface area contributed by atoms with Gasteiger partial charge in [-0.25, -0.2) is 4.79 Å². The summed E-state index contributed by atoms with van der Waals surface area (Å²) in [5.41, 5.74) is -0.869. The van der Waals surface area contributed by atoms with Crippen LogP contribution in [0.1, 0.15) is 20.8 Å². The van der Waals surface area contributed by atoms with Crippen molar-refractivity contribution >= 4 is 27.7 Å². The van der Waals surface area contributed by atoms with Crippen LogP contribution in [0.5, 0.6) is 0 Å². The Labute approximate surface area is 156 Å². The van der Waals surface area contributed by atoms with E-state index in [0.717, 1.165) is 24.3 Å². The molecule has 1 saturated heterocycles. The highest BCUT2D eigenvalue weighted by Crippen LogP contribution is 2.21. The molecule has 148 valence electrons. The first-order valence-electron chi connectivity index (χ1n) is 8.03. The number of carbonyl (C=O) groups excluding carboxylic acids is 2. The van der Waals surface area contributed by atoms with Crippen LogP contribution in [-0.4, -0.2) is 55.9 Å². The van der Waals surface area contributed by atoms with Gasteiger partial charge in [0, 0.05) is 17.5 Å². The van der Waals surface area contributed by atoms with Crippen molar-refractivity contribution in [1.29, 1.82) is 0 Å². The van der Waals surface area contributed by atoms with Crippen molar-refractivity contribution < 1.29 is 31.9 Å². The molecule has 11 heteroatoms. The van der Waals surface area contributed by atoms with Crippen LogP contribution in [0.4, 0.5) is 10.5 Å². The highest BCUT2D eigenvalue weighted by Gasteiger charge is 2.35. The van der Waals surface area contributed by atoms with E-state index in [4.69, 9.17) is 8.92 Å². The standard InChI is InChI=1S/C16H20N2O8S/c1-16(2,3)14(19)9-17-8-12(26-15(17)20)10-25-27(23,24)13-6-4-11(5-7-13)18(21)22/h4-7,12H,8-10H2,1-3H3/t12-/m0/s1. The number of carbonyl (C=O) groups is 2. The van der Waals surface area contributed by atoms with Gasteiger partial charge in [-0.15, -0.1) is 0 Å². The molecule has 27 heavy (non-hydrogen) atoms. The van der Waals surface area contributed by atoms with Crippen LogP contribution in [0.15, 0.2) is 29.2 Å². The van der Waals surface area contributed by atoms with Crippen LogP contribution in [-0.2, 0) is 23.8 Å². The number of nitro groups is 1. The number of hydrogen-bond donors (Lipinski definition) is 0. The second kappa shape index (κ2) is 7.61. The number of cyclic esters (lactones) is 1. The van der Waals surface area contributed by atoms with E-state index < -0.39 is 39.3 Å². The molecule has 0 N–H and O–H groups in total. The number of nitrogens with zero attached hydrogens (tertiary/aromatic N) is 2. The zero-order valence-electron chi connectivity index (χ0n) is 15.1. The number of Topliss-reactive ketones (excluding diaryl/α,β-unsaturated/α-hetero) is 1. The van der Waals surface area contributed by atoms with Crippen LogP contribution in [0.3, 0.4) is 0 Å². The number of benzene rings is 1. The average molecular weight is 400 g/mol. The summed E-state index contributed by atoms with van der Waals surface area (Å²) in [7, 11) is -4.17. The second-order valence-electron chi connectivity index (χ2n) is 7.05. The molecule has 1 aromatic carbocycles. The fourth-order valence-electron chi connectivity index (χ4n) is 2.17. The van der Waals surface area contributed by atoms with Gasteiger partial charge in [0.25, 0.3) is 15.8 Å². The monoisotopic (exact) mass is 400 g/mol. The molecule has 1 amide bonds. The third-order valence-corrected chi connectivity index (χ3v) is 5.16. The second-order valence-corrected chi connectivity index (χ2v) is 8.66. The van der Waals surface area contributed by atoms with E-state index in [9.17, 15) is 28.1 Å². The molecule has 0 radical (unpaired) electrons. The van der Waals surface area contributed by atoms with E-state index >= 15 is 0 Å². The molecule has 10 nitrogen and oxygen atoms in total. The van der Waals surface area contributed by atoms with Gasteiger partial charge in [-0.05, 0) is 12.1 Å². The molecule has 2 rings (SSSR count). The first kappa shape index (κ1) is 20.8. The van der Waals surface area contributed by atoms with Crippen molar-refractivity contribution in [2.24, 2.45) is 5.41 Å². The molecule has 0 bridgehead atoms. The van der Waals surface area contributed by atoms with Gasteiger partial charge in [0.1, 0.15) is 12.7 Å². The topological polar surface area (TPSA) is 133 Å². The summed E-state index contributed by atoms with van der Waals surface area (Å²) in [6.07, 6.45) is -1.56. The summed E-state index contributed by atoms with van der Waals surface area (Å²) in [5.74, 6) is -0.153. The number of ether oxygens (including phenoxy) is 1. The first-order chi connectivity index (χ1) is 12.4. The molecule has 0 spiro atoms. The smallest absolute Gasteiger partial charge is 0.410 e. The highest BCUT2D eigenvalue weighted by atomic mass is 32.2. The molecule has 1 atom stereocenters. The molecule has 1 heterocycles. The quantitative estimate of drug-likeness (QED) is 0.384. The molecular formula is C16H20N2O8S. The number of amides is 1. The molecule has 1 aliphatic heterocycles. The molecule has 1 fully saturated rings. The minimum atomic E-state index is -4.17. The molecule has 0 unspecified atom stereocenters. The van der Waals surface area contributed by atoms with Gasteiger partial charge in [-0.1, -0.05) is 20.8 Å². The van der Waals surface area contributed by atoms with Gasteiger partial charge in [-0.2, -0.15) is 8.42 Å².